The number of piperidine rings is 1. The van der Waals surface area contributed by atoms with Gasteiger partial charge in [-0.3, -0.25) is 4.79 Å². The minimum absolute atomic E-state index is 0.0315. The van der Waals surface area contributed by atoms with Crippen molar-refractivity contribution in [3.63, 3.8) is 0 Å². The van der Waals surface area contributed by atoms with Gasteiger partial charge in [-0.25, -0.2) is 4.98 Å². The van der Waals surface area contributed by atoms with Gasteiger partial charge in [0.2, 0.25) is 0 Å². The second-order valence-electron chi connectivity index (χ2n) is 7.37. The zero-order valence-corrected chi connectivity index (χ0v) is 17.5. The summed E-state index contributed by atoms with van der Waals surface area (Å²) in [5.74, 6) is 2.34. The van der Waals surface area contributed by atoms with E-state index in [0.717, 1.165) is 49.5 Å². The molecule has 0 bridgehead atoms. The van der Waals surface area contributed by atoms with Crippen LogP contribution in [0.1, 0.15) is 42.2 Å². The summed E-state index contributed by atoms with van der Waals surface area (Å²) in [7, 11) is 0. The van der Waals surface area contributed by atoms with Crippen LogP contribution in [0, 0.1) is 5.92 Å². The van der Waals surface area contributed by atoms with Gasteiger partial charge in [-0.05, 0) is 68.4 Å². The van der Waals surface area contributed by atoms with Crippen molar-refractivity contribution in [2.45, 2.75) is 32.6 Å². The van der Waals surface area contributed by atoms with Crippen molar-refractivity contribution >= 4 is 17.2 Å². The average molecular weight is 411 g/mol. The number of ether oxygens (including phenoxy) is 1. The summed E-state index contributed by atoms with van der Waals surface area (Å²) >= 11 is 1.45. The smallest absolute Gasteiger partial charge is 0.273 e. The zero-order chi connectivity index (χ0) is 20.1. The molecule has 1 amide bonds. The number of carbonyl (C=O) groups is 1. The minimum Gasteiger partial charge on any atom is -0.494 e. The Labute approximate surface area is 175 Å². The lowest BCUT2D eigenvalue weighted by Gasteiger charge is -2.31. The number of likely N-dealkylation sites (tertiary alicyclic amines) is 1. The van der Waals surface area contributed by atoms with Crippen LogP contribution in [0.3, 0.4) is 0 Å². The number of rotatable bonds is 7. The summed E-state index contributed by atoms with van der Waals surface area (Å²) in [6, 6.07) is 12.1. The first-order chi connectivity index (χ1) is 14.2. The second-order valence-corrected chi connectivity index (χ2v) is 8.22. The quantitative estimate of drug-likeness (QED) is 0.531. The largest absolute Gasteiger partial charge is 0.494 e. The molecule has 0 N–H and O–H groups in total. The first-order valence-corrected chi connectivity index (χ1v) is 11.1. The van der Waals surface area contributed by atoms with Gasteiger partial charge in [0.25, 0.3) is 5.91 Å². The number of benzene rings is 1. The van der Waals surface area contributed by atoms with Crippen LogP contribution < -0.4 is 4.74 Å². The van der Waals surface area contributed by atoms with Crippen molar-refractivity contribution in [3.05, 3.63) is 59.3 Å². The normalized spacial score (nSPS) is 14.9. The number of furan rings is 1. The standard InChI is InChI=1S/C23H26N2O3S/c1-2-27-19-9-7-17(8-10-19)5-6-18-11-13-25(14-12-18)23(26)20-16-29-22(24-20)21-4-3-15-28-21/h3-4,7-10,15-16,18H,2,5-6,11-14H2,1H3. The van der Waals surface area contributed by atoms with Crippen molar-refractivity contribution < 1.29 is 13.9 Å². The number of nitrogens with zero attached hydrogens (tertiary/aromatic N) is 2. The van der Waals surface area contributed by atoms with Crippen molar-refractivity contribution in [3.8, 4) is 16.5 Å². The molecule has 1 fully saturated rings. The first-order valence-electron chi connectivity index (χ1n) is 10.2. The molecule has 0 atom stereocenters. The molecule has 1 saturated heterocycles. The molecule has 0 spiro atoms. The molecule has 1 aliphatic rings. The highest BCUT2D eigenvalue weighted by Gasteiger charge is 2.25. The molecule has 5 nitrogen and oxygen atoms in total. The molecule has 3 aromatic rings. The van der Waals surface area contributed by atoms with Gasteiger partial charge in [0.05, 0.1) is 12.9 Å². The van der Waals surface area contributed by atoms with Gasteiger partial charge in [0, 0.05) is 18.5 Å². The molecule has 1 aliphatic heterocycles. The molecule has 3 heterocycles. The van der Waals surface area contributed by atoms with Gasteiger partial charge < -0.3 is 14.1 Å². The van der Waals surface area contributed by atoms with Gasteiger partial charge >= 0.3 is 0 Å². The van der Waals surface area contributed by atoms with E-state index in [4.69, 9.17) is 9.15 Å². The minimum atomic E-state index is 0.0315. The predicted octanol–water partition coefficient (Wildman–Crippen LogP) is 5.29. The van der Waals surface area contributed by atoms with E-state index in [9.17, 15) is 4.79 Å². The molecule has 6 heteroatoms. The number of aromatic nitrogens is 1. The van der Waals surface area contributed by atoms with Crippen LogP contribution in [0.15, 0.2) is 52.5 Å². The Balaban J connectivity index is 1.25. The molecule has 152 valence electrons. The highest BCUT2D eigenvalue weighted by Crippen LogP contribution is 2.27. The van der Waals surface area contributed by atoms with Gasteiger partial charge in [-0.2, -0.15) is 0 Å². The number of aryl methyl sites for hydroxylation is 1. The maximum Gasteiger partial charge on any atom is 0.273 e. The number of hydrogen-bond acceptors (Lipinski definition) is 5. The van der Waals surface area contributed by atoms with Crippen molar-refractivity contribution in [1.82, 2.24) is 9.88 Å². The van der Waals surface area contributed by atoms with Crippen LogP contribution in [0.25, 0.3) is 10.8 Å². The van der Waals surface area contributed by atoms with Crippen LogP contribution in [0.2, 0.25) is 0 Å². The fourth-order valence-electron chi connectivity index (χ4n) is 3.76. The van der Waals surface area contributed by atoms with Crippen LogP contribution in [0.5, 0.6) is 5.75 Å². The Morgan fingerprint density at radius 1 is 1.24 bits per heavy atom. The number of hydrogen-bond donors (Lipinski definition) is 0. The Morgan fingerprint density at radius 2 is 2.03 bits per heavy atom. The molecule has 29 heavy (non-hydrogen) atoms. The van der Waals surface area contributed by atoms with E-state index in [1.807, 2.05) is 41.5 Å². The lowest BCUT2D eigenvalue weighted by atomic mass is 9.90. The van der Waals surface area contributed by atoms with Crippen LogP contribution >= 0.6 is 11.3 Å². The summed E-state index contributed by atoms with van der Waals surface area (Å²) < 4.78 is 10.9. The fourth-order valence-corrected chi connectivity index (χ4v) is 4.52. The van der Waals surface area contributed by atoms with E-state index in [-0.39, 0.29) is 5.91 Å². The summed E-state index contributed by atoms with van der Waals surface area (Å²) in [6.07, 6.45) is 5.96. The topological polar surface area (TPSA) is 55.6 Å². The van der Waals surface area contributed by atoms with E-state index >= 15 is 0 Å². The molecular formula is C23H26N2O3S. The molecule has 0 radical (unpaired) electrons. The summed E-state index contributed by atoms with van der Waals surface area (Å²) in [5, 5.41) is 2.58. The third-order valence-corrected chi connectivity index (χ3v) is 6.29. The van der Waals surface area contributed by atoms with E-state index in [2.05, 4.69) is 17.1 Å². The Bertz CT molecular complexity index is 910. The van der Waals surface area contributed by atoms with Crippen molar-refractivity contribution in [2.24, 2.45) is 5.92 Å². The van der Waals surface area contributed by atoms with E-state index in [1.165, 1.54) is 16.9 Å². The highest BCUT2D eigenvalue weighted by atomic mass is 32.1. The molecular weight excluding hydrogens is 384 g/mol. The van der Waals surface area contributed by atoms with Gasteiger partial charge in [-0.15, -0.1) is 11.3 Å². The first kappa shape index (κ1) is 19.7. The maximum atomic E-state index is 12.8. The summed E-state index contributed by atoms with van der Waals surface area (Å²) in [5.41, 5.74) is 1.87. The van der Waals surface area contributed by atoms with Crippen LogP contribution in [-0.4, -0.2) is 35.5 Å². The van der Waals surface area contributed by atoms with Crippen molar-refractivity contribution in [1.29, 1.82) is 0 Å². The average Bonchev–Trinajstić information content (AvgIpc) is 3.45. The molecule has 0 aliphatic carbocycles. The van der Waals surface area contributed by atoms with E-state index in [1.54, 1.807) is 6.26 Å². The summed E-state index contributed by atoms with van der Waals surface area (Å²) in [6.45, 7) is 4.31. The predicted molar refractivity (Wildman–Crippen MR) is 114 cm³/mol. The zero-order valence-electron chi connectivity index (χ0n) is 16.7. The van der Waals surface area contributed by atoms with Crippen LogP contribution in [0.4, 0.5) is 0 Å². The summed E-state index contributed by atoms with van der Waals surface area (Å²) in [4.78, 5) is 19.2. The number of amides is 1. The van der Waals surface area contributed by atoms with Crippen LogP contribution in [-0.2, 0) is 6.42 Å². The third kappa shape index (κ3) is 4.88. The number of carbonyl (C=O) groups excluding carboxylic acids is 1. The second kappa shape index (κ2) is 9.27. The Hall–Kier alpha value is -2.60. The maximum absolute atomic E-state index is 12.8. The molecule has 4 rings (SSSR count). The molecule has 1 aromatic carbocycles. The monoisotopic (exact) mass is 410 g/mol. The van der Waals surface area contributed by atoms with E-state index < -0.39 is 0 Å². The highest BCUT2D eigenvalue weighted by molar-refractivity contribution is 7.13. The van der Waals surface area contributed by atoms with Crippen molar-refractivity contribution in [2.75, 3.05) is 19.7 Å². The molecule has 0 unspecified atom stereocenters. The Kier molecular flexibility index (Phi) is 6.30. The third-order valence-electron chi connectivity index (χ3n) is 5.43. The van der Waals surface area contributed by atoms with Gasteiger partial charge in [0.15, 0.2) is 10.8 Å². The Morgan fingerprint density at radius 3 is 2.72 bits per heavy atom. The SMILES string of the molecule is CCOc1ccc(CCC2CCN(C(=O)c3csc(-c4ccco4)n3)CC2)cc1. The molecule has 0 saturated carbocycles. The van der Waals surface area contributed by atoms with Gasteiger partial charge in [0.1, 0.15) is 11.4 Å². The fraction of sp³-hybridized carbons (Fsp3) is 0.391. The van der Waals surface area contributed by atoms with E-state index in [0.29, 0.717) is 24.0 Å². The molecule has 2 aromatic heterocycles. The number of thiazole rings is 1. The van der Waals surface area contributed by atoms with Gasteiger partial charge in [-0.1, -0.05) is 12.1 Å². The lowest BCUT2D eigenvalue weighted by Crippen LogP contribution is -2.38. The lowest BCUT2D eigenvalue weighted by molar-refractivity contribution is 0.0682.